The van der Waals surface area contributed by atoms with Crippen LogP contribution in [0.4, 0.5) is 0 Å². The first-order valence-corrected chi connectivity index (χ1v) is 10.5. The van der Waals surface area contributed by atoms with Crippen LogP contribution >= 0.6 is 0 Å². The van der Waals surface area contributed by atoms with Crippen LogP contribution in [0.15, 0.2) is 0 Å². The van der Waals surface area contributed by atoms with E-state index in [1.54, 1.807) is 0 Å². The second kappa shape index (κ2) is 5.57. The molecule has 0 bridgehead atoms. The number of rotatable bonds is 1. The van der Waals surface area contributed by atoms with Crippen LogP contribution in [0, 0.1) is 40.4 Å². The van der Waals surface area contributed by atoms with Crippen LogP contribution < -0.4 is 0 Å². The molecule has 1 aliphatic heterocycles. The average molecular weight is 346 g/mol. The fourth-order valence-corrected chi connectivity index (χ4v) is 8.38. The van der Waals surface area contributed by atoms with E-state index in [-0.39, 0.29) is 16.7 Å². The van der Waals surface area contributed by atoms with Gasteiger partial charge in [0.2, 0.25) is 5.91 Å². The molecule has 8 atom stereocenters. The topological polar surface area (TPSA) is 37.4 Å². The van der Waals surface area contributed by atoms with E-state index in [4.69, 9.17) is 0 Å². The second-order valence-corrected chi connectivity index (χ2v) is 10.3. The van der Waals surface area contributed by atoms with Crippen molar-refractivity contribution in [3.05, 3.63) is 0 Å². The molecule has 1 amide bonds. The molecular weight excluding hydrogens is 310 g/mol. The number of hydrogen-bond acceptors (Lipinski definition) is 2. The maximum atomic E-state index is 12.4. The number of hydrogen-bond donors (Lipinski definition) is 0. The van der Waals surface area contributed by atoms with E-state index in [1.807, 2.05) is 14.0 Å². The van der Waals surface area contributed by atoms with E-state index < -0.39 is 0 Å². The average Bonchev–Trinajstić information content (AvgIpc) is 2.81. The van der Waals surface area contributed by atoms with E-state index in [1.165, 1.54) is 25.7 Å². The van der Waals surface area contributed by atoms with Crippen molar-refractivity contribution in [2.75, 3.05) is 7.05 Å². The van der Waals surface area contributed by atoms with Crippen molar-refractivity contribution >= 4 is 11.7 Å². The third-order valence-electron chi connectivity index (χ3n) is 9.34. The van der Waals surface area contributed by atoms with Crippen LogP contribution in [0.3, 0.4) is 0 Å². The van der Waals surface area contributed by atoms with E-state index in [0.717, 1.165) is 31.1 Å². The third kappa shape index (κ3) is 2.23. The van der Waals surface area contributed by atoms with Gasteiger partial charge in [0.1, 0.15) is 5.78 Å². The van der Waals surface area contributed by atoms with Gasteiger partial charge in [0.15, 0.2) is 0 Å². The maximum Gasteiger partial charge on any atom is 0.222 e. The number of amides is 1. The minimum absolute atomic E-state index is 0.214. The van der Waals surface area contributed by atoms with Crippen molar-refractivity contribution < 1.29 is 9.59 Å². The Morgan fingerprint density at radius 2 is 1.80 bits per heavy atom. The summed E-state index contributed by atoms with van der Waals surface area (Å²) in [6.45, 7) is 9.03. The number of piperidine rings is 1. The second-order valence-electron chi connectivity index (χ2n) is 10.3. The van der Waals surface area contributed by atoms with Crippen LogP contribution in [0.1, 0.15) is 72.6 Å². The highest BCUT2D eigenvalue weighted by atomic mass is 16.2. The van der Waals surface area contributed by atoms with Crippen LogP contribution in [0.2, 0.25) is 0 Å². The molecule has 3 heteroatoms. The van der Waals surface area contributed by atoms with Gasteiger partial charge in [0.05, 0.1) is 0 Å². The smallest absolute Gasteiger partial charge is 0.222 e. The molecular formula is C22H35NO2. The van der Waals surface area contributed by atoms with E-state index in [2.05, 4.69) is 25.7 Å². The zero-order chi connectivity index (χ0) is 18.1. The summed E-state index contributed by atoms with van der Waals surface area (Å²) in [6.07, 6.45) is 7.89. The summed E-state index contributed by atoms with van der Waals surface area (Å²) in [4.78, 5) is 26.7. The van der Waals surface area contributed by atoms with Crippen LogP contribution in [0.5, 0.6) is 0 Å². The lowest BCUT2D eigenvalue weighted by Gasteiger charge is -2.61. The Hall–Kier alpha value is -0.860. The highest BCUT2D eigenvalue weighted by molar-refractivity contribution is 5.80. The van der Waals surface area contributed by atoms with Gasteiger partial charge >= 0.3 is 0 Å². The number of Topliss-reactive ketones (excluding diaryl/α,β-unsaturated/α-hetero) is 1. The zero-order valence-corrected chi connectivity index (χ0v) is 16.7. The first-order chi connectivity index (χ1) is 11.7. The Morgan fingerprint density at radius 1 is 1.08 bits per heavy atom. The van der Waals surface area contributed by atoms with Gasteiger partial charge in [-0.05, 0) is 80.0 Å². The Kier molecular flexibility index (Phi) is 3.91. The molecule has 0 aromatic carbocycles. The minimum atomic E-state index is 0.214. The van der Waals surface area contributed by atoms with E-state index >= 15 is 0 Å². The summed E-state index contributed by atoms with van der Waals surface area (Å²) in [5.74, 6) is 3.75. The fraction of sp³-hybridized carbons (Fsp3) is 0.909. The van der Waals surface area contributed by atoms with Crippen molar-refractivity contribution in [2.24, 2.45) is 40.4 Å². The number of likely N-dealkylation sites (tertiary alicyclic amines) is 1. The predicted molar refractivity (Wildman–Crippen MR) is 98.9 cm³/mol. The lowest BCUT2D eigenvalue weighted by atomic mass is 9.46. The number of carbonyl (C=O) groups is 2. The zero-order valence-electron chi connectivity index (χ0n) is 16.7. The molecule has 140 valence electrons. The number of ketones is 1. The van der Waals surface area contributed by atoms with Gasteiger partial charge in [-0.25, -0.2) is 0 Å². The lowest BCUT2D eigenvalue weighted by molar-refractivity contribution is -0.159. The summed E-state index contributed by atoms with van der Waals surface area (Å²) in [7, 11) is 2.03. The highest BCUT2D eigenvalue weighted by Crippen LogP contribution is 2.67. The summed E-state index contributed by atoms with van der Waals surface area (Å²) in [6, 6.07) is 0.432. The Morgan fingerprint density at radius 3 is 2.48 bits per heavy atom. The summed E-state index contributed by atoms with van der Waals surface area (Å²) >= 11 is 0. The minimum Gasteiger partial charge on any atom is -0.342 e. The fourth-order valence-electron chi connectivity index (χ4n) is 8.38. The molecule has 3 saturated carbocycles. The SMILES string of the molecule is CC(=O)[C@H]1[C@H](C)C[C@H]2[C@@H]3CCC4N(C)C(=O)CC[C@]4(C)[C@H]3CC[C@@]21C. The lowest BCUT2D eigenvalue weighted by Crippen LogP contribution is -2.61. The molecule has 3 aliphatic carbocycles. The standard InChI is InChI=1S/C22H35NO2/c1-13-12-17-15-6-7-18-21(3,11-9-19(25)23(18)5)16(15)8-10-22(17,4)20(13)14(2)24/h13,15-18,20H,6-12H2,1-5H3/t13-,15-,16+,17+,18?,20-,21-,22+/m1/s1. The van der Waals surface area contributed by atoms with E-state index in [9.17, 15) is 9.59 Å². The monoisotopic (exact) mass is 345 g/mol. The summed E-state index contributed by atoms with van der Waals surface area (Å²) < 4.78 is 0. The largest absolute Gasteiger partial charge is 0.342 e. The normalized spacial score (nSPS) is 52.4. The number of nitrogens with zero attached hydrogens (tertiary/aromatic N) is 1. The maximum absolute atomic E-state index is 12.4. The van der Waals surface area contributed by atoms with Gasteiger partial charge in [-0.2, -0.15) is 0 Å². The molecule has 1 saturated heterocycles. The summed E-state index contributed by atoms with van der Waals surface area (Å²) in [5, 5.41) is 0. The van der Waals surface area contributed by atoms with E-state index in [0.29, 0.717) is 29.6 Å². The van der Waals surface area contributed by atoms with Gasteiger partial charge in [0.25, 0.3) is 0 Å². The van der Waals surface area contributed by atoms with Crippen molar-refractivity contribution in [3.8, 4) is 0 Å². The molecule has 3 nitrogen and oxygen atoms in total. The van der Waals surface area contributed by atoms with Crippen LogP contribution in [0.25, 0.3) is 0 Å². The molecule has 0 aromatic rings. The highest BCUT2D eigenvalue weighted by Gasteiger charge is 2.63. The Labute approximate surface area is 152 Å². The van der Waals surface area contributed by atoms with Gasteiger partial charge in [-0.15, -0.1) is 0 Å². The van der Waals surface area contributed by atoms with Crippen LogP contribution in [-0.2, 0) is 9.59 Å². The molecule has 1 heterocycles. The molecule has 0 aromatic heterocycles. The van der Waals surface area contributed by atoms with Crippen molar-refractivity contribution in [1.82, 2.24) is 4.90 Å². The molecule has 0 spiro atoms. The van der Waals surface area contributed by atoms with Crippen molar-refractivity contribution in [3.63, 3.8) is 0 Å². The van der Waals surface area contributed by atoms with Crippen molar-refractivity contribution in [1.29, 1.82) is 0 Å². The van der Waals surface area contributed by atoms with Gasteiger partial charge in [-0.1, -0.05) is 20.8 Å². The summed E-state index contributed by atoms with van der Waals surface area (Å²) in [5.41, 5.74) is 0.496. The molecule has 4 aliphatic rings. The molecule has 1 unspecified atom stereocenters. The quantitative estimate of drug-likeness (QED) is 0.710. The van der Waals surface area contributed by atoms with Gasteiger partial charge in [0, 0.05) is 25.4 Å². The predicted octanol–water partition coefficient (Wildman–Crippen LogP) is 4.30. The van der Waals surface area contributed by atoms with Crippen molar-refractivity contribution in [2.45, 2.75) is 78.7 Å². The molecule has 4 rings (SSSR count). The molecule has 25 heavy (non-hydrogen) atoms. The third-order valence-corrected chi connectivity index (χ3v) is 9.34. The van der Waals surface area contributed by atoms with Gasteiger partial charge < -0.3 is 4.90 Å². The molecule has 4 fully saturated rings. The molecule has 0 N–H and O–H groups in total. The first-order valence-electron chi connectivity index (χ1n) is 10.5. The first kappa shape index (κ1) is 17.5. The number of carbonyl (C=O) groups excluding carboxylic acids is 2. The Balaban J connectivity index is 1.66. The van der Waals surface area contributed by atoms with Crippen LogP contribution in [-0.4, -0.2) is 29.7 Å². The Bertz CT molecular complexity index is 601. The number of fused-ring (bicyclic) bond motifs is 5. The van der Waals surface area contributed by atoms with Gasteiger partial charge in [-0.3, -0.25) is 9.59 Å². The molecule has 0 radical (unpaired) electrons.